The summed E-state index contributed by atoms with van der Waals surface area (Å²) in [5.74, 6) is 1.13. The molecule has 7 rings (SSSR count). The van der Waals surface area contributed by atoms with E-state index in [2.05, 4.69) is 0 Å². The van der Waals surface area contributed by atoms with Gasteiger partial charge in [0.1, 0.15) is 11.5 Å². The van der Waals surface area contributed by atoms with Gasteiger partial charge in [-0.1, -0.05) is 48.5 Å². The van der Waals surface area contributed by atoms with E-state index in [1.165, 1.54) is 0 Å². The SMILES string of the molecule is O=C(CCc1ccc(CCC(=O)N2C[C@@H](CCl)c3c2cc(O)c2ccccc32)s1)N1C[C@@H](CCl)c2c1cc(O)c1ccccc21. The van der Waals surface area contributed by atoms with Crippen molar-refractivity contribution in [3.05, 3.63) is 93.7 Å². The van der Waals surface area contributed by atoms with E-state index in [-0.39, 0.29) is 35.1 Å². The number of hydrogen-bond acceptors (Lipinski definition) is 5. The van der Waals surface area contributed by atoms with Crippen LogP contribution in [0.2, 0.25) is 0 Å². The average Bonchev–Trinajstić information content (AvgIpc) is 3.78. The molecule has 2 aliphatic rings. The topological polar surface area (TPSA) is 81.1 Å². The fraction of sp³-hybridized carbons (Fsp3) is 0.278. The van der Waals surface area contributed by atoms with Crippen molar-refractivity contribution in [3.8, 4) is 11.5 Å². The van der Waals surface area contributed by atoms with Crippen molar-refractivity contribution < 1.29 is 19.8 Å². The van der Waals surface area contributed by atoms with Gasteiger partial charge in [-0.25, -0.2) is 0 Å². The number of alkyl halides is 2. The maximum atomic E-state index is 13.4. The normalized spacial score (nSPS) is 17.3. The highest BCUT2D eigenvalue weighted by atomic mass is 35.5. The van der Waals surface area contributed by atoms with Gasteiger partial charge in [-0.15, -0.1) is 34.5 Å². The molecule has 2 aliphatic heterocycles. The summed E-state index contributed by atoms with van der Waals surface area (Å²) in [5, 5.41) is 24.8. The summed E-state index contributed by atoms with van der Waals surface area (Å²) in [4.78, 5) is 32.6. The van der Waals surface area contributed by atoms with Gasteiger partial charge in [0.15, 0.2) is 0 Å². The quantitative estimate of drug-likeness (QED) is 0.165. The number of carbonyl (C=O) groups is 2. The van der Waals surface area contributed by atoms with Gasteiger partial charge in [0, 0.05) is 82.2 Å². The Morgan fingerprint density at radius 3 is 1.47 bits per heavy atom. The van der Waals surface area contributed by atoms with Crippen molar-refractivity contribution in [2.45, 2.75) is 37.5 Å². The lowest BCUT2D eigenvalue weighted by molar-refractivity contribution is -0.119. The number of aromatic hydroxyl groups is 2. The molecule has 9 heteroatoms. The van der Waals surface area contributed by atoms with Gasteiger partial charge in [-0.3, -0.25) is 9.59 Å². The molecule has 2 amide bonds. The molecule has 2 atom stereocenters. The summed E-state index contributed by atoms with van der Waals surface area (Å²) in [6.07, 6.45) is 1.86. The number of aryl methyl sites for hydroxylation is 2. The Morgan fingerprint density at radius 2 is 1.07 bits per heavy atom. The third-order valence-corrected chi connectivity index (χ3v) is 11.1. The lowest BCUT2D eigenvalue weighted by atomic mass is 9.95. The molecule has 0 spiro atoms. The Kier molecular flexibility index (Phi) is 8.11. The number of fused-ring (bicyclic) bond motifs is 6. The fourth-order valence-electron chi connectivity index (χ4n) is 7.00. The first kappa shape index (κ1) is 29.9. The Hall–Kier alpha value is -3.78. The first-order valence-corrected chi connectivity index (χ1v) is 17.1. The average molecular weight is 660 g/mol. The molecule has 0 fully saturated rings. The molecular formula is C36H32Cl2N2O4S. The number of carbonyl (C=O) groups excluding carboxylic acids is 2. The highest BCUT2D eigenvalue weighted by Gasteiger charge is 2.35. The molecule has 0 bridgehead atoms. The van der Waals surface area contributed by atoms with Gasteiger partial charge in [-0.2, -0.15) is 0 Å². The number of phenolic OH excluding ortho intramolecular Hbond substituents is 2. The number of hydrogen-bond donors (Lipinski definition) is 2. The summed E-state index contributed by atoms with van der Waals surface area (Å²) < 4.78 is 0. The van der Waals surface area contributed by atoms with E-state index in [1.54, 1.807) is 33.3 Å². The number of amides is 2. The third-order valence-electron chi connectivity index (χ3n) is 9.15. The van der Waals surface area contributed by atoms with Crippen molar-refractivity contribution in [1.29, 1.82) is 0 Å². The van der Waals surface area contributed by atoms with Crippen LogP contribution in [-0.2, 0) is 22.4 Å². The minimum Gasteiger partial charge on any atom is -0.507 e. The molecule has 1 aromatic heterocycles. The summed E-state index contributed by atoms with van der Waals surface area (Å²) in [6, 6.07) is 22.8. The van der Waals surface area contributed by atoms with Crippen molar-refractivity contribution >= 4 is 79.3 Å². The lowest BCUT2D eigenvalue weighted by Gasteiger charge is -2.18. The van der Waals surface area contributed by atoms with Gasteiger partial charge < -0.3 is 20.0 Å². The summed E-state index contributed by atoms with van der Waals surface area (Å²) in [6.45, 7) is 1.00. The number of rotatable bonds is 8. The zero-order valence-corrected chi connectivity index (χ0v) is 26.8. The Morgan fingerprint density at radius 1 is 0.667 bits per heavy atom. The van der Waals surface area contributed by atoms with E-state index in [9.17, 15) is 19.8 Å². The molecule has 0 radical (unpaired) electrons. The van der Waals surface area contributed by atoms with E-state index < -0.39 is 0 Å². The van der Waals surface area contributed by atoms with Gasteiger partial charge in [0.05, 0.1) is 11.4 Å². The van der Waals surface area contributed by atoms with E-state index >= 15 is 0 Å². The zero-order valence-electron chi connectivity index (χ0n) is 24.5. The first-order chi connectivity index (χ1) is 21.9. The highest BCUT2D eigenvalue weighted by Crippen LogP contribution is 2.47. The third kappa shape index (κ3) is 5.31. The van der Waals surface area contributed by atoms with Crippen LogP contribution in [0.25, 0.3) is 21.5 Å². The predicted molar refractivity (Wildman–Crippen MR) is 184 cm³/mol. The lowest BCUT2D eigenvalue weighted by Crippen LogP contribution is -2.30. The number of nitrogens with zero attached hydrogens (tertiary/aromatic N) is 2. The molecular weight excluding hydrogens is 627 g/mol. The van der Waals surface area contributed by atoms with Crippen molar-refractivity contribution in [3.63, 3.8) is 0 Å². The summed E-state index contributed by atoms with van der Waals surface area (Å²) >= 11 is 14.3. The molecule has 6 nitrogen and oxygen atoms in total. The number of benzene rings is 4. The minimum atomic E-state index is 0.000923. The molecule has 45 heavy (non-hydrogen) atoms. The second-order valence-electron chi connectivity index (χ2n) is 11.8. The smallest absolute Gasteiger partial charge is 0.227 e. The number of phenols is 2. The number of thiophene rings is 1. The van der Waals surface area contributed by atoms with Gasteiger partial charge in [-0.05, 0) is 46.9 Å². The predicted octanol–water partition coefficient (Wildman–Crippen LogP) is 8.07. The number of halogens is 2. The zero-order chi connectivity index (χ0) is 31.2. The van der Waals surface area contributed by atoms with Crippen LogP contribution in [0.15, 0.2) is 72.8 Å². The van der Waals surface area contributed by atoms with Crippen LogP contribution in [-0.4, -0.2) is 46.9 Å². The highest BCUT2D eigenvalue weighted by molar-refractivity contribution is 7.12. The van der Waals surface area contributed by atoms with E-state index in [1.807, 2.05) is 60.7 Å². The van der Waals surface area contributed by atoms with Crippen LogP contribution >= 0.6 is 34.5 Å². The van der Waals surface area contributed by atoms with Gasteiger partial charge >= 0.3 is 0 Å². The monoisotopic (exact) mass is 658 g/mol. The van der Waals surface area contributed by atoms with Crippen LogP contribution in [0.4, 0.5) is 11.4 Å². The second kappa shape index (κ2) is 12.2. The summed E-state index contributed by atoms with van der Waals surface area (Å²) in [5.41, 5.74) is 3.54. The fourth-order valence-corrected chi connectivity index (χ4v) is 8.52. The molecule has 5 aromatic rings. The van der Waals surface area contributed by atoms with Gasteiger partial charge in [0.2, 0.25) is 11.8 Å². The van der Waals surface area contributed by atoms with Crippen LogP contribution in [0.1, 0.15) is 45.6 Å². The molecule has 0 saturated heterocycles. The van der Waals surface area contributed by atoms with Crippen LogP contribution in [0.5, 0.6) is 11.5 Å². The minimum absolute atomic E-state index is 0.000923. The van der Waals surface area contributed by atoms with Crippen LogP contribution < -0.4 is 9.80 Å². The molecule has 2 N–H and O–H groups in total. The molecule has 230 valence electrons. The van der Waals surface area contributed by atoms with E-state index in [0.29, 0.717) is 50.5 Å². The van der Waals surface area contributed by atoms with Crippen LogP contribution in [0, 0.1) is 0 Å². The summed E-state index contributed by atoms with van der Waals surface area (Å²) in [7, 11) is 0. The van der Waals surface area contributed by atoms with Crippen molar-refractivity contribution in [2.75, 3.05) is 34.6 Å². The maximum Gasteiger partial charge on any atom is 0.227 e. The Bertz CT molecular complexity index is 1820. The van der Waals surface area contributed by atoms with Gasteiger partial charge in [0.25, 0.3) is 0 Å². The Balaban J connectivity index is 1.00. The molecule has 0 aliphatic carbocycles. The molecule has 4 aromatic carbocycles. The van der Waals surface area contributed by atoms with Crippen molar-refractivity contribution in [2.24, 2.45) is 0 Å². The molecule has 0 unspecified atom stereocenters. The molecule has 0 saturated carbocycles. The van der Waals surface area contributed by atoms with Crippen molar-refractivity contribution in [1.82, 2.24) is 0 Å². The van der Waals surface area contributed by atoms with Crippen LogP contribution in [0.3, 0.4) is 0 Å². The largest absolute Gasteiger partial charge is 0.507 e. The second-order valence-corrected chi connectivity index (χ2v) is 13.7. The van der Waals surface area contributed by atoms with E-state index in [0.717, 1.165) is 53.8 Å². The van der Waals surface area contributed by atoms with E-state index in [4.69, 9.17) is 23.2 Å². The Labute approximate surface area is 275 Å². The maximum absolute atomic E-state index is 13.4. The molecule has 3 heterocycles. The standard InChI is InChI=1S/C36H32Cl2N2O4S/c37-17-21-19-39(29-15-31(41)25-5-1-3-7-27(25)35(21)29)33(43)13-11-23-9-10-24(45-23)12-14-34(44)40-20-22(18-38)36-28-8-4-2-6-26(28)32(42)16-30(36)40/h1-10,15-16,21-22,41-42H,11-14,17-20H2/t21-,22-/m1/s1. The first-order valence-electron chi connectivity index (χ1n) is 15.2. The number of anilines is 2.